The third-order valence-electron chi connectivity index (χ3n) is 2.25. The summed E-state index contributed by atoms with van der Waals surface area (Å²) in [6.45, 7) is 6.26. The van der Waals surface area contributed by atoms with Gasteiger partial charge in [-0.3, -0.25) is 4.79 Å². The molecule has 1 aromatic rings. The lowest BCUT2D eigenvalue weighted by Gasteiger charge is -2.17. The highest BCUT2D eigenvalue weighted by Crippen LogP contribution is 2.35. The maximum absolute atomic E-state index is 12.9. The summed E-state index contributed by atoms with van der Waals surface area (Å²) in [4.78, 5) is 11.0. The van der Waals surface area contributed by atoms with Crippen LogP contribution in [0.3, 0.4) is 0 Å². The van der Waals surface area contributed by atoms with Gasteiger partial charge in [-0.05, 0) is 24.5 Å². The molecule has 106 valence electrons. The van der Waals surface area contributed by atoms with E-state index in [4.69, 9.17) is 4.74 Å². The molecule has 0 bridgehead atoms. The number of esters is 1. The predicted octanol–water partition coefficient (Wildman–Crippen LogP) is 3.89. The molecule has 1 unspecified atom stereocenters. The van der Waals surface area contributed by atoms with E-state index in [0.29, 0.717) is 5.57 Å². The summed E-state index contributed by atoms with van der Waals surface area (Å²) in [5.74, 6) is 4.32. The van der Waals surface area contributed by atoms with Gasteiger partial charge in [-0.15, -0.1) is 0 Å². The van der Waals surface area contributed by atoms with E-state index in [1.54, 1.807) is 6.92 Å². The van der Waals surface area contributed by atoms with Gasteiger partial charge in [0.1, 0.15) is 0 Å². The Kier molecular flexibility index (Phi) is 4.98. The number of carbonyl (C=O) groups is 1. The summed E-state index contributed by atoms with van der Waals surface area (Å²) in [5, 5.41) is 0. The zero-order valence-corrected chi connectivity index (χ0v) is 11.0. The Morgan fingerprint density at radius 2 is 1.90 bits per heavy atom. The van der Waals surface area contributed by atoms with Crippen LogP contribution >= 0.6 is 0 Å². The summed E-state index contributed by atoms with van der Waals surface area (Å²) in [6, 6.07) is 4.87. The highest BCUT2D eigenvalue weighted by atomic mass is 19.4. The van der Waals surface area contributed by atoms with Crippen molar-refractivity contribution in [3.05, 3.63) is 47.5 Å². The number of hydrogen-bond donors (Lipinski definition) is 0. The number of halogens is 3. The van der Waals surface area contributed by atoms with Crippen molar-refractivity contribution in [3.63, 3.8) is 0 Å². The summed E-state index contributed by atoms with van der Waals surface area (Å²) in [6.07, 6.45) is -5.82. The van der Waals surface area contributed by atoms with Gasteiger partial charge in [-0.1, -0.05) is 30.7 Å². The lowest BCUT2D eigenvalue weighted by Crippen LogP contribution is -2.14. The SMILES string of the molecule is C=C(C)C#CC(OC(C)=O)c1ccccc1C(F)(F)F. The molecule has 1 aromatic carbocycles. The van der Waals surface area contributed by atoms with Crippen molar-refractivity contribution < 1.29 is 22.7 Å². The van der Waals surface area contributed by atoms with E-state index in [2.05, 4.69) is 18.4 Å². The van der Waals surface area contributed by atoms with Crippen molar-refractivity contribution in [2.24, 2.45) is 0 Å². The van der Waals surface area contributed by atoms with Crippen LogP contribution in [0.5, 0.6) is 0 Å². The maximum Gasteiger partial charge on any atom is 0.416 e. The van der Waals surface area contributed by atoms with E-state index < -0.39 is 23.8 Å². The number of hydrogen-bond acceptors (Lipinski definition) is 2. The molecule has 0 aliphatic rings. The minimum atomic E-state index is -4.54. The Labute approximate surface area is 115 Å². The van der Waals surface area contributed by atoms with Crippen LogP contribution in [-0.2, 0) is 15.7 Å². The molecule has 0 fully saturated rings. The lowest BCUT2D eigenvalue weighted by molar-refractivity contribution is -0.147. The lowest BCUT2D eigenvalue weighted by atomic mass is 10.0. The third-order valence-corrected chi connectivity index (χ3v) is 2.25. The molecule has 0 spiro atoms. The summed E-state index contributed by atoms with van der Waals surface area (Å²) in [5.41, 5.74) is -0.599. The second kappa shape index (κ2) is 6.29. The molecule has 0 amide bonds. The van der Waals surface area contributed by atoms with Crippen molar-refractivity contribution in [3.8, 4) is 11.8 Å². The van der Waals surface area contributed by atoms with Gasteiger partial charge in [0.25, 0.3) is 0 Å². The Morgan fingerprint density at radius 1 is 1.30 bits per heavy atom. The van der Waals surface area contributed by atoms with Crippen molar-refractivity contribution >= 4 is 5.97 Å². The summed E-state index contributed by atoms with van der Waals surface area (Å²) < 4.78 is 43.7. The molecule has 0 saturated heterocycles. The Hall–Kier alpha value is -2.22. The number of carbonyl (C=O) groups excluding carboxylic acids is 1. The van der Waals surface area contributed by atoms with E-state index in [0.717, 1.165) is 13.0 Å². The molecule has 1 atom stereocenters. The molecular formula is C15H13F3O2. The number of rotatable bonds is 2. The van der Waals surface area contributed by atoms with Gasteiger partial charge < -0.3 is 4.74 Å². The van der Waals surface area contributed by atoms with Crippen LogP contribution in [0.15, 0.2) is 36.4 Å². The summed E-state index contributed by atoms with van der Waals surface area (Å²) in [7, 11) is 0. The molecule has 0 aliphatic heterocycles. The minimum absolute atomic E-state index is 0.191. The molecule has 0 aliphatic carbocycles. The Balaban J connectivity index is 3.32. The molecular weight excluding hydrogens is 269 g/mol. The fourth-order valence-electron chi connectivity index (χ4n) is 1.51. The van der Waals surface area contributed by atoms with Gasteiger partial charge in [-0.25, -0.2) is 0 Å². The largest absolute Gasteiger partial charge is 0.444 e. The zero-order chi connectivity index (χ0) is 15.3. The van der Waals surface area contributed by atoms with Gasteiger partial charge in [0.15, 0.2) is 6.10 Å². The Morgan fingerprint density at radius 3 is 2.40 bits per heavy atom. The van der Waals surface area contributed by atoms with E-state index in [1.807, 2.05) is 0 Å². The van der Waals surface area contributed by atoms with Crippen LogP contribution in [0.1, 0.15) is 31.1 Å². The number of benzene rings is 1. The number of alkyl halides is 3. The molecule has 0 saturated carbocycles. The third kappa shape index (κ3) is 4.47. The van der Waals surface area contributed by atoms with Gasteiger partial charge in [0.2, 0.25) is 0 Å². The Bertz CT molecular complexity index is 577. The topological polar surface area (TPSA) is 26.3 Å². The molecule has 0 heterocycles. The van der Waals surface area contributed by atoms with Gasteiger partial charge in [0, 0.05) is 12.5 Å². The van der Waals surface area contributed by atoms with E-state index >= 15 is 0 Å². The van der Waals surface area contributed by atoms with Crippen LogP contribution in [0.2, 0.25) is 0 Å². The van der Waals surface area contributed by atoms with Crippen molar-refractivity contribution in [1.29, 1.82) is 0 Å². The predicted molar refractivity (Wildman–Crippen MR) is 68.5 cm³/mol. The van der Waals surface area contributed by atoms with Crippen LogP contribution in [-0.4, -0.2) is 5.97 Å². The molecule has 1 rings (SSSR count). The van der Waals surface area contributed by atoms with E-state index in [1.165, 1.54) is 18.2 Å². The minimum Gasteiger partial charge on any atom is -0.444 e. The van der Waals surface area contributed by atoms with Crippen molar-refractivity contribution in [2.45, 2.75) is 26.1 Å². The van der Waals surface area contributed by atoms with Gasteiger partial charge in [-0.2, -0.15) is 13.2 Å². The fraction of sp³-hybridized carbons (Fsp3) is 0.267. The molecule has 20 heavy (non-hydrogen) atoms. The standard InChI is InChI=1S/C15H13F3O2/c1-10(2)8-9-14(20-11(3)19)12-6-4-5-7-13(12)15(16,17)18/h4-7,14H,1H2,2-3H3. The fourth-order valence-corrected chi connectivity index (χ4v) is 1.51. The molecule has 0 aromatic heterocycles. The highest BCUT2D eigenvalue weighted by molar-refractivity contribution is 5.67. The van der Waals surface area contributed by atoms with E-state index in [9.17, 15) is 18.0 Å². The molecule has 2 nitrogen and oxygen atoms in total. The quantitative estimate of drug-likeness (QED) is 0.607. The molecule has 5 heteroatoms. The first-order valence-corrected chi connectivity index (χ1v) is 5.72. The smallest absolute Gasteiger partial charge is 0.416 e. The summed E-state index contributed by atoms with van der Waals surface area (Å²) >= 11 is 0. The average molecular weight is 282 g/mol. The average Bonchev–Trinajstić information content (AvgIpc) is 2.33. The van der Waals surface area contributed by atoms with E-state index in [-0.39, 0.29) is 5.56 Å². The number of ether oxygens (including phenoxy) is 1. The first-order valence-electron chi connectivity index (χ1n) is 5.72. The van der Waals surface area contributed by atoms with Crippen LogP contribution in [0, 0.1) is 11.8 Å². The monoisotopic (exact) mass is 282 g/mol. The first kappa shape index (κ1) is 15.8. The van der Waals surface area contributed by atoms with Crippen molar-refractivity contribution in [2.75, 3.05) is 0 Å². The second-order valence-electron chi connectivity index (χ2n) is 4.12. The van der Waals surface area contributed by atoms with Crippen LogP contribution in [0.25, 0.3) is 0 Å². The highest BCUT2D eigenvalue weighted by Gasteiger charge is 2.35. The molecule has 0 radical (unpaired) electrons. The van der Waals surface area contributed by atoms with Gasteiger partial charge in [0.05, 0.1) is 5.56 Å². The van der Waals surface area contributed by atoms with Crippen LogP contribution in [0.4, 0.5) is 13.2 Å². The second-order valence-corrected chi connectivity index (χ2v) is 4.12. The first-order chi connectivity index (χ1) is 9.21. The molecule has 0 N–H and O–H groups in total. The number of allylic oxidation sites excluding steroid dienone is 1. The van der Waals surface area contributed by atoms with Gasteiger partial charge >= 0.3 is 12.1 Å². The normalized spacial score (nSPS) is 12.1. The zero-order valence-electron chi connectivity index (χ0n) is 11.0. The van der Waals surface area contributed by atoms with Crippen molar-refractivity contribution in [1.82, 2.24) is 0 Å². The maximum atomic E-state index is 12.9. The van der Waals surface area contributed by atoms with Crippen LogP contribution < -0.4 is 0 Å².